The van der Waals surface area contributed by atoms with Crippen molar-refractivity contribution in [3.63, 3.8) is 0 Å². The van der Waals surface area contributed by atoms with Crippen LogP contribution in [0.2, 0.25) is 0 Å². The molecule has 0 aliphatic heterocycles. The molecule has 0 aliphatic carbocycles. The summed E-state index contributed by atoms with van der Waals surface area (Å²) in [5.41, 5.74) is 0. The molecule has 0 aromatic rings. The molecule has 0 saturated carbocycles. The van der Waals surface area contributed by atoms with E-state index in [9.17, 15) is 19.5 Å². The second kappa shape index (κ2) is 46.0. The van der Waals surface area contributed by atoms with Crippen LogP contribution >= 0.6 is 0 Å². The molecular weight excluding hydrogens is 721 g/mol. The summed E-state index contributed by atoms with van der Waals surface area (Å²) >= 11 is 0. The van der Waals surface area contributed by atoms with E-state index in [2.05, 4.69) is 31.2 Å². The van der Waals surface area contributed by atoms with Gasteiger partial charge in [0, 0.05) is 12.8 Å². The summed E-state index contributed by atoms with van der Waals surface area (Å²) in [5.74, 6) is -1.77. The highest BCUT2D eigenvalue weighted by atomic mass is 16.4. The van der Waals surface area contributed by atoms with Crippen molar-refractivity contribution in [2.45, 2.75) is 277 Å². The molecule has 2 atom stereocenters. The number of aliphatic carboxylic acids is 3. The third-order valence-electron chi connectivity index (χ3n) is 12.3. The molecule has 0 radical (unpaired) electrons. The molecule has 0 spiro atoms. The van der Waals surface area contributed by atoms with E-state index in [4.69, 9.17) is 10.2 Å². The van der Waals surface area contributed by atoms with Crippen LogP contribution in [-0.4, -0.2) is 33.2 Å². The van der Waals surface area contributed by atoms with Gasteiger partial charge in [-0.3, -0.25) is 14.4 Å². The Morgan fingerprint density at radius 2 is 0.603 bits per heavy atom. The van der Waals surface area contributed by atoms with Crippen LogP contribution in [0.4, 0.5) is 0 Å². The summed E-state index contributed by atoms with van der Waals surface area (Å²) in [5, 5.41) is 27.8. The van der Waals surface area contributed by atoms with Crippen LogP contribution in [0.5, 0.6) is 0 Å². The molecular formula is C52H96O6. The van der Waals surface area contributed by atoms with E-state index in [-0.39, 0.29) is 5.92 Å². The molecule has 0 bridgehead atoms. The van der Waals surface area contributed by atoms with Gasteiger partial charge in [-0.2, -0.15) is 0 Å². The highest BCUT2D eigenvalue weighted by Gasteiger charge is 2.27. The standard InChI is InChI=1S/C52H96O6/c1-2-3-4-5-6-7-18-23-28-33-38-43-48(44-39-34-29-24-19-14-10-8-12-16-21-26-31-36-41-46-50(53)54)49(52(57)58)45-40-35-30-25-20-15-11-9-13-17-22-27-32-37-42-47-51(55)56/h8-9,12-13,48-49H,2-7,10-11,14-47H2,1H3,(H,53,54)(H,55,56)(H,57,58)/b12-8-,13-9-. The van der Waals surface area contributed by atoms with Crippen LogP contribution in [0, 0.1) is 11.8 Å². The predicted molar refractivity (Wildman–Crippen MR) is 248 cm³/mol. The molecule has 3 N–H and O–H groups in total. The first-order chi connectivity index (χ1) is 28.4. The second-order valence-corrected chi connectivity index (χ2v) is 17.8. The number of carbonyl (C=O) groups is 3. The van der Waals surface area contributed by atoms with E-state index >= 15 is 0 Å². The zero-order valence-electron chi connectivity index (χ0n) is 38.2. The zero-order chi connectivity index (χ0) is 42.4. The number of hydrogen-bond acceptors (Lipinski definition) is 3. The van der Waals surface area contributed by atoms with Crippen molar-refractivity contribution in [3.05, 3.63) is 24.3 Å². The van der Waals surface area contributed by atoms with Crippen molar-refractivity contribution in [1.82, 2.24) is 0 Å². The predicted octanol–water partition coefficient (Wildman–Crippen LogP) is 17.0. The van der Waals surface area contributed by atoms with Gasteiger partial charge in [0.15, 0.2) is 0 Å². The molecule has 6 nitrogen and oxygen atoms in total. The summed E-state index contributed by atoms with van der Waals surface area (Å²) in [7, 11) is 0. The topological polar surface area (TPSA) is 112 Å². The van der Waals surface area contributed by atoms with E-state index in [1.54, 1.807) is 0 Å². The van der Waals surface area contributed by atoms with Crippen LogP contribution in [0.25, 0.3) is 0 Å². The summed E-state index contributed by atoms with van der Waals surface area (Å²) < 4.78 is 0. The first kappa shape index (κ1) is 55.9. The van der Waals surface area contributed by atoms with Crippen molar-refractivity contribution < 1.29 is 29.7 Å². The van der Waals surface area contributed by atoms with E-state index in [0.717, 1.165) is 89.9 Å². The Kier molecular flexibility index (Phi) is 44.3. The van der Waals surface area contributed by atoms with Crippen LogP contribution in [-0.2, 0) is 14.4 Å². The molecule has 0 amide bonds. The van der Waals surface area contributed by atoms with Crippen LogP contribution in [0.15, 0.2) is 24.3 Å². The summed E-state index contributed by atoms with van der Waals surface area (Å²) in [6.07, 6.45) is 57.6. The van der Waals surface area contributed by atoms with Crippen molar-refractivity contribution in [3.8, 4) is 0 Å². The minimum atomic E-state index is -0.684. The lowest BCUT2D eigenvalue weighted by Crippen LogP contribution is -2.24. The van der Waals surface area contributed by atoms with Crippen LogP contribution in [0.3, 0.4) is 0 Å². The summed E-state index contributed by atoms with van der Waals surface area (Å²) in [4.78, 5) is 33.8. The maximum atomic E-state index is 12.6. The molecule has 0 saturated heterocycles. The Hall–Kier alpha value is -2.11. The van der Waals surface area contributed by atoms with Crippen LogP contribution < -0.4 is 0 Å². The van der Waals surface area contributed by atoms with E-state index in [0.29, 0.717) is 18.8 Å². The van der Waals surface area contributed by atoms with Crippen molar-refractivity contribution in [1.29, 1.82) is 0 Å². The number of carboxylic acid groups (broad SMARTS) is 3. The Balaban J connectivity index is 4.34. The lowest BCUT2D eigenvalue weighted by Gasteiger charge is -2.24. The summed E-state index contributed by atoms with van der Waals surface area (Å²) in [6, 6.07) is 0. The molecule has 0 fully saturated rings. The fourth-order valence-electron chi connectivity index (χ4n) is 8.50. The van der Waals surface area contributed by atoms with E-state index in [1.807, 2.05) is 0 Å². The Morgan fingerprint density at radius 1 is 0.345 bits per heavy atom. The Labute approximate surface area is 359 Å². The van der Waals surface area contributed by atoms with Gasteiger partial charge in [0.1, 0.15) is 0 Å². The van der Waals surface area contributed by atoms with E-state index < -0.39 is 17.9 Å². The van der Waals surface area contributed by atoms with Gasteiger partial charge in [-0.15, -0.1) is 0 Å². The molecule has 6 heteroatoms. The fourth-order valence-corrected chi connectivity index (χ4v) is 8.50. The lowest BCUT2D eigenvalue weighted by molar-refractivity contribution is -0.144. The van der Waals surface area contributed by atoms with Gasteiger partial charge in [0.05, 0.1) is 5.92 Å². The molecule has 340 valence electrons. The molecule has 58 heavy (non-hydrogen) atoms. The highest BCUT2D eigenvalue weighted by molar-refractivity contribution is 5.70. The SMILES string of the molecule is CCCCCCCCCCCCCC(CCCCCCCC/C=C\CCCCCCCC(=O)O)C(CCCCCCCC/C=C\CCCCCCCC(=O)O)C(=O)O. The van der Waals surface area contributed by atoms with Gasteiger partial charge >= 0.3 is 17.9 Å². The molecule has 0 aromatic heterocycles. The third kappa shape index (κ3) is 43.5. The Morgan fingerprint density at radius 3 is 0.897 bits per heavy atom. The molecule has 0 rings (SSSR count). The number of unbranched alkanes of at least 4 members (excludes halogenated alkanes) is 32. The van der Waals surface area contributed by atoms with Gasteiger partial charge in [-0.1, -0.05) is 205 Å². The van der Waals surface area contributed by atoms with Gasteiger partial charge in [-0.25, -0.2) is 0 Å². The molecule has 0 heterocycles. The monoisotopic (exact) mass is 817 g/mol. The number of hydrogen-bond donors (Lipinski definition) is 3. The number of carboxylic acids is 3. The normalized spacial score (nSPS) is 12.8. The minimum Gasteiger partial charge on any atom is -0.481 e. The smallest absolute Gasteiger partial charge is 0.306 e. The van der Waals surface area contributed by atoms with Crippen LogP contribution in [0.1, 0.15) is 277 Å². The van der Waals surface area contributed by atoms with E-state index in [1.165, 1.54) is 167 Å². The fraction of sp³-hybridized carbons (Fsp3) is 0.865. The largest absolute Gasteiger partial charge is 0.481 e. The maximum absolute atomic E-state index is 12.6. The Bertz CT molecular complexity index is 958. The average molecular weight is 817 g/mol. The maximum Gasteiger partial charge on any atom is 0.306 e. The first-order valence-electron chi connectivity index (χ1n) is 25.3. The molecule has 0 aromatic carbocycles. The van der Waals surface area contributed by atoms with Gasteiger partial charge in [-0.05, 0) is 89.4 Å². The lowest BCUT2D eigenvalue weighted by atomic mass is 9.80. The van der Waals surface area contributed by atoms with Crippen molar-refractivity contribution in [2.75, 3.05) is 0 Å². The molecule has 2 unspecified atom stereocenters. The van der Waals surface area contributed by atoms with Gasteiger partial charge in [0.2, 0.25) is 0 Å². The van der Waals surface area contributed by atoms with Crippen molar-refractivity contribution in [2.24, 2.45) is 11.8 Å². The third-order valence-corrected chi connectivity index (χ3v) is 12.3. The first-order valence-corrected chi connectivity index (χ1v) is 25.3. The second-order valence-electron chi connectivity index (χ2n) is 17.8. The quantitative estimate of drug-likeness (QED) is 0.0416. The number of allylic oxidation sites excluding steroid dienone is 4. The van der Waals surface area contributed by atoms with Gasteiger partial charge < -0.3 is 15.3 Å². The summed E-state index contributed by atoms with van der Waals surface area (Å²) in [6.45, 7) is 2.28. The van der Waals surface area contributed by atoms with Crippen molar-refractivity contribution >= 4 is 17.9 Å². The average Bonchev–Trinajstić information content (AvgIpc) is 3.19. The zero-order valence-corrected chi connectivity index (χ0v) is 38.2. The van der Waals surface area contributed by atoms with Gasteiger partial charge in [0.25, 0.3) is 0 Å². The minimum absolute atomic E-state index is 0.179. The highest BCUT2D eigenvalue weighted by Crippen LogP contribution is 2.30. The molecule has 0 aliphatic rings. The number of rotatable bonds is 48.